The minimum Gasteiger partial charge on any atom is -0.356 e. The summed E-state index contributed by atoms with van der Waals surface area (Å²) in [5, 5.41) is 0. The summed E-state index contributed by atoms with van der Waals surface area (Å²) in [6.45, 7) is 2.62. The molecule has 1 saturated carbocycles. The molecule has 0 aliphatic heterocycles. The van der Waals surface area contributed by atoms with E-state index in [4.69, 9.17) is 10.7 Å². The lowest BCUT2D eigenvalue weighted by Gasteiger charge is -2.30. The highest BCUT2D eigenvalue weighted by Gasteiger charge is 2.20. The summed E-state index contributed by atoms with van der Waals surface area (Å²) in [5.41, 5.74) is 8.06. The Morgan fingerprint density at radius 2 is 1.89 bits per heavy atom. The molecule has 3 heteroatoms. The third-order valence-electron chi connectivity index (χ3n) is 4.02. The molecule has 0 bridgehead atoms. The number of anilines is 1. The molecule has 0 amide bonds. The van der Waals surface area contributed by atoms with Crippen LogP contribution in [0, 0.1) is 6.92 Å². The fourth-order valence-corrected chi connectivity index (χ4v) is 2.85. The molecule has 2 N–H and O–H groups in total. The van der Waals surface area contributed by atoms with Gasteiger partial charge in [0.25, 0.3) is 0 Å². The van der Waals surface area contributed by atoms with Crippen molar-refractivity contribution in [1.82, 2.24) is 4.98 Å². The first-order chi connectivity index (χ1) is 8.72. The molecule has 3 nitrogen and oxygen atoms in total. The largest absolute Gasteiger partial charge is 0.356 e. The standard InChI is InChI=1S/C15H25N3/c1-12-9-10-13(11-16)15(17-12)18(2)14-7-5-3-4-6-8-14/h9-10,14H,3-8,11,16H2,1-2H3. The first-order valence-electron chi connectivity index (χ1n) is 7.12. The number of pyridine rings is 1. The first kappa shape index (κ1) is 13.3. The first-order valence-corrected chi connectivity index (χ1v) is 7.12. The summed E-state index contributed by atoms with van der Waals surface area (Å²) in [6.07, 6.45) is 8.04. The second-order valence-electron chi connectivity index (χ2n) is 5.40. The van der Waals surface area contributed by atoms with Gasteiger partial charge in [0, 0.05) is 30.9 Å². The number of aryl methyl sites for hydroxylation is 1. The molecule has 1 heterocycles. The minimum absolute atomic E-state index is 0.569. The summed E-state index contributed by atoms with van der Waals surface area (Å²) in [4.78, 5) is 7.06. The molecular weight excluding hydrogens is 222 g/mol. The van der Waals surface area contributed by atoms with Crippen LogP contribution in [-0.4, -0.2) is 18.1 Å². The van der Waals surface area contributed by atoms with Crippen LogP contribution in [0.4, 0.5) is 5.82 Å². The van der Waals surface area contributed by atoms with Crippen LogP contribution in [0.5, 0.6) is 0 Å². The number of aromatic nitrogens is 1. The van der Waals surface area contributed by atoms with Gasteiger partial charge >= 0.3 is 0 Å². The van der Waals surface area contributed by atoms with Crippen molar-refractivity contribution in [3.63, 3.8) is 0 Å². The maximum absolute atomic E-state index is 5.83. The zero-order chi connectivity index (χ0) is 13.0. The van der Waals surface area contributed by atoms with Crippen LogP contribution in [0.15, 0.2) is 12.1 Å². The Hall–Kier alpha value is -1.09. The topological polar surface area (TPSA) is 42.1 Å². The fraction of sp³-hybridized carbons (Fsp3) is 0.667. The average molecular weight is 247 g/mol. The molecule has 18 heavy (non-hydrogen) atoms. The normalized spacial score (nSPS) is 17.5. The van der Waals surface area contributed by atoms with Crippen molar-refractivity contribution >= 4 is 5.82 Å². The second-order valence-corrected chi connectivity index (χ2v) is 5.40. The van der Waals surface area contributed by atoms with Gasteiger partial charge < -0.3 is 10.6 Å². The molecule has 1 aliphatic carbocycles. The molecule has 0 spiro atoms. The third-order valence-corrected chi connectivity index (χ3v) is 4.02. The Labute approximate surface area is 110 Å². The minimum atomic E-state index is 0.569. The molecular formula is C15H25N3. The maximum atomic E-state index is 5.83. The number of hydrogen-bond acceptors (Lipinski definition) is 3. The smallest absolute Gasteiger partial charge is 0.133 e. The lowest BCUT2D eigenvalue weighted by molar-refractivity contribution is 0.547. The summed E-state index contributed by atoms with van der Waals surface area (Å²) in [6, 6.07) is 4.80. The molecule has 1 fully saturated rings. The van der Waals surface area contributed by atoms with E-state index in [1.54, 1.807) is 0 Å². The molecule has 0 aromatic carbocycles. The lowest BCUT2D eigenvalue weighted by atomic mass is 10.1. The molecule has 100 valence electrons. The number of nitrogens with two attached hydrogens (primary N) is 1. The summed E-state index contributed by atoms with van der Waals surface area (Å²) in [7, 11) is 2.18. The quantitative estimate of drug-likeness (QED) is 0.835. The third kappa shape index (κ3) is 3.02. The molecule has 0 saturated heterocycles. The van der Waals surface area contributed by atoms with E-state index in [0.717, 1.165) is 17.1 Å². The average Bonchev–Trinajstić information content (AvgIpc) is 2.66. The molecule has 1 aromatic heterocycles. The number of rotatable bonds is 3. The van der Waals surface area contributed by atoms with E-state index >= 15 is 0 Å². The van der Waals surface area contributed by atoms with E-state index in [1.165, 1.54) is 38.5 Å². The molecule has 0 atom stereocenters. The maximum Gasteiger partial charge on any atom is 0.133 e. The van der Waals surface area contributed by atoms with Crippen LogP contribution >= 0.6 is 0 Å². The van der Waals surface area contributed by atoms with E-state index < -0.39 is 0 Å². The highest BCUT2D eigenvalue weighted by molar-refractivity contribution is 5.48. The molecule has 0 radical (unpaired) electrons. The summed E-state index contributed by atoms with van der Waals surface area (Å²) < 4.78 is 0. The molecule has 1 aliphatic rings. The van der Waals surface area contributed by atoms with Crippen molar-refractivity contribution in [1.29, 1.82) is 0 Å². The van der Waals surface area contributed by atoms with Crippen LogP contribution in [0.25, 0.3) is 0 Å². The van der Waals surface area contributed by atoms with E-state index in [0.29, 0.717) is 12.6 Å². The number of nitrogens with zero attached hydrogens (tertiary/aromatic N) is 2. The highest BCUT2D eigenvalue weighted by Crippen LogP contribution is 2.26. The zero-order valence-electron chi connectivity index (χ0n) is 11.7. The van der Waals surface area contributed by atoms with Gasteiger partial charge in [-0.15, -0.1) is 0 Å². The van der Waals surface area contributed by atoms with Gasteiger partial charge in [-0.05, 0) is 25.8 Å². The van der Waals surface area contributed by atoms with Gasteiger partial charge in [0.1, 0.15) is 5.82 Å². The van der Waals surface area contributed by atoms with Gasteiger partial charge in [-0.1, -0.05) is 31.7 Å². The molecule has 0 unspecified atom stereocenters. The van der Waals surface area contributed by atoms with E-state index in [-0.39, 0.29) is 0 Å². The van der Waals surface area contributed by atoms with Crippen molar-refractivity contribution in [3.05, 3.63) is 23.4 Å². The fourth-order valence-electron chi connectivity index (χ4n) is 2.85. The summed E-state index contributed by atoms with van der Waals surface area (Å²) in [5.74, 6) is 1.09. The van der Waals surface area contributed by atoms with Gasteiger partial charge in [-0.25, -0.2) is 4.98 Å². The Morgan fingerprint density at radius 3 is 2.50 bits per heavy atom. The Bertz CT molecular complexity index is 381. The molecule has 1 aromatic rings. The number of hydrogen-bond donors (Lipinski definition) is 1. The predicted molar refractivity (Wildman–Crippen MR) is 76.8 cm³/mol. The van der Waals surface area contributed by atoms with Crippen LogP contribution in [0.1, 0.15) is 49.8 Å². The van der Waals surface area contributed by atoms with Crippen LogP contribution < -0.4 is 10.6 Å². The van der Waals surface area contributed by atoms with E-state index in [2.05, 4.69) is 18.0 Å². The van der Waals surface area contributed by atoms with Crippen LogP contribution in [-0.2, 0) is 6.54 Å². The zero-order valence-corrected chi connectivity index (χ0v) is 11.7. The Morgan fingerprint density at radius 1 is 1.22 bits per heavy atom. The highest BCUT2D eigenvalue weighted by atomic mass is 15.2. The van der Waals surface area contributed by atoms with Gasteiger partial charge in [0.15, 0.2) is 0 Å². The van der Waals surface area contributed by atoms with Gasteiger partial charge in [0.05, 0.1) is 0 Å². The van der Waals surface area contributed by atoms with Crippen molar-refractivity contribution < 1.29 is 0 Å². The Balaban J connectivity index is 2.20. The molecule has 2 rings (SSSR count). The van der Waals surface area contributed by atoms with Gasteiger partial charge in [-0.2, -0.15) is 0 Å². The van der Waals surface area contributed by atoms with Crippen molar-refractivity contribution in [3.8, 4) is 0 Å². The van der Waals surface area contributed by atoms with Crippen molar-refractivity contribution in [2.24, 2.45) is 5.73 Å². The predicted octanol–water partition coefficient (Wildman–Crippen LogP) is 3.01. The lowest BCUT2D eigenvalue weighted by Crippen LogP contribution is -2.33. The summed E-state index contributed by atoms with van der Waals surface area (Å²) >= 11 is 0. The van der Waals surface area contributed by atoms with Crippen LogP contribution in [0.2, 0.25) is 0 Å². The van der Waals surface area contributed by atoms with Gasteiger partial charge in [-0.3, -0.25) is 0 Å². The SMILES string of the molecule is Cc1ccc(CN)c(N(C)C2CCCCCC2)n1. The monoisotopic (exact) mass is 247 g/mol. The van der Waals surface area contributed by atoms with Crippen molar-refractivity contribution in [2.75, 3.05) is 11.9 Å². The van der Waals surface area contributed by atoms with Crippen molar-refractivity contribution in [2.45, 2.75) is 58.0 Å². The van der Waals surface area contributed by atoms with E-state index in [9.17, 15) is 0 Å². The van der Waals surface area contributed by atoms with E-state index in [1.807, 2.05) is 13.0 Å². The second kappa shape index (κ2) is 6.19. The van der Waals surface area contributed by atoms with Gasteiger partial charge in [0.2, 0.25) is 0 Å². The van der Waals surface area contributed by atoms with Crippen LogP contribution in [0.3, 0.4) is 0 Å². The Kier molecular flexibility index (Phi) is 4.59.